The number of hydrogen-bond acceptors (Lipinski definition) is 7. The molecule has 0 atom stereocenters. The van der Waals surface area contributed by atoms with E-state index in [0.29, 0.717) is 0 Å². The molecule has 0 radical (unpaired) electrons. The molecule has 2 aromatic carbocycles. The van der Waals surface area contributed by atoms with Crippen LogP contribution in [0.3, 0.4) is 0 Å². The highest BCUT2D eigenvalue weighted by molar-refractivity contribution is 9.11. The number of esters is 1. The van der Waals surface area contributed by atoms with Gasteiger partial charge in [-0.2, -0.15) is 0 Å². The fourth-order valence-corrected chi connectivity index (χ4v) is 3.57. The summed E-state index contributed by atoms with van der Waals surface area (Å²) >= 11 is 6.24. The maximum absolute atomic E-state index is 12.1. The van der Waals surface area contributed by atoms with Crippen LogP contribution in [0.5, 0.6) is 0 Å². The monoisotopic (exact) mass is 515 g/mol. The normalized spacial score (nSPS) is 10.2. The zero-order valence-corrected chi connectivity index (χ0v) is 17.3. The predicted octanol–water partition coefficient (Wildman–Crippen LogP) is 4.13. The summed E-state index contributed by atoms with van der Waals surface area (Å²) in [5.41, 5.74) is -0.112. The van der Waals surface area contributed by atoms with Gasteiger partial charge in [0.05, 0.1) is 21.1 Å². The van der Waals surface area contributed by atoms with Crippen LogP contribution in [0, 0.1) is 27.2 Å². The van der Waals surface area contributed by atoms with Gasteiger partial charge >= 0.3 is 5.97 Å². The van der Waals surface area contributed by atoms with E-state index in [2.05, 4.69) is 37.2 Å². The van der Waals surface area contributed by atoms with E-state index >= 15 is 0 Å². The van der Waals surface area contributed by atoms with Crippen LogP contribution in [0.15, 0.2) is 39.3 Å². The van der Waals surface area contributed by atoms with Gasteiger partial charge < -0.3 is 10.1 Å². The molecule has 0 saturated heterocycles. The largest absolute Gasteiger partial charge is 0.452 e. The Labute approximate surface area is 174 Å². The molecule has 0 unspecified atom stereocenters. The van der Waals surface area contributed by atoms with E-state index in [1.807, 2.05) is 0 Å². The van der Waals surface area contributed by atoms with Crippen molar-refractivity contribution in [3.05, 3.63) is 70.6 Å². The van der Waals surface area contributed by atoms with Gasteiger partial charge in [-0.05, 0) is 44.8 Å². The van der Waals surface area contributed by atoms with Crippen molar-refractivity contribution in [2.75, 3.05) is 11.9 Å². The zero-order chi connectivity index (χ0) is 21.0. The summed E-state index contributed by atoms with van der Waals surface area (Å²) in [7, 11) is 0. The number of carbonyl (C=O) groups is 2. The van der Waals surface area contributed by atoms with E-state index in [0.717, 1.165) is 0 Å². The number of ether oxygens (including phenoxy) is 1. The van der Waals surface area contributed by atoms with Crippen molar-refractivity contribution in [3.63, 3.8) is 0 Å². The molecular weight excluding hydrogens is 506 g/mol. The third-order valence-corrected chi connectivity index (χ3v) is 4.81. The number of halogens is 2. The number of nitro groups is 2. The summed E-state index contributed by atoms with van der Waals surface area (Å²) in [6.07, 6.45) is 0. The first-order valence-corrected chi connectivity index (χ1v) is 9.04. The molecule has 1 N–H and O–H groups in total. The lowest BCUT2D eigenvalue weighted by molar-refractivity contribution is -0.385. The fraction of sp³-hybridized carbons (Fsp3) is 0.125. The molecule has 28 heavy (non-hydrogen) atoms. The average Bonchev–Trinajstić information content (AvgIpc) is 2.62. The molecular formula is C16H11Br2N3O7. The van der Waals surface area contributed by atoms with Gasteiger partial charge in [0.2, 0.25) is 0 Å². The first kappa shape index (κ1) is 21.4. The van der Waals surface area contributed by atoms with Crippen LogP contribution in [-0.2, 0) is 9.53 Å². The van der Waals surface area contributed by atoms with Crippen LogP contribution >= 0.6 is 31.9 Å². The highest BCUT2D eigenvalue weighted by Gasteiger charge is 2.21. The lowest BCUT2D eigenvalue weighted by atomic mass is 10.1. The second kappa shape index (κ2) is 8.89. The smallest absolute Gasteiger partial charge is 0.339 e. The van der Waals surface area contributed by atoms with Crippen LogP contribution in [-0.4, -0.2) is 28.3 Å². The Balaban J connectivity index is 2.08. The maximum atomic E-state index is 12.1. The molecule has 0 aromatic heterocycles. The first-order chi connectivity index (χ1) is 13.1. The zero-order valence-electron chi connectivity index (χ0n) is 14.1. The van der Waals surface area contributed by atoms with Gasteiger partial charge in [0, 0.05) is 32.7 Å². The number of amides is 1. The van der Waals surface area contributed by atoms with Gasteiger partial charge in [-0.15, -0.1) is 0 Å². The van der Waals surface area contributed by atoms with Crippen LogP contribution in [0.2, 0.25) is 0 Å². The second-order valence-electron chi connectivity index (χ2n) is 5.37. The standard InChI is InChI=1S/C16H11Br2N3O7/c1-8-10(3-2-4-13(8)21(26)27)16(23)28-7-14(22)19-15-11(17)5-9(20(24)25)6-12(15)18/h2-6H,7H2,1H3,(H,19,22). The molecule has 10 nitrogen and oxygen atoms in total. The molecule has 0 aliphatic heterocycles. The van der Waals surface area contributed by atoms with Crippen molar-refractivity contribution in [2.24, 2.45) is 0 Å². The van der Waals surface area contributed by atoms with Crippen molar-refractivity contribution in [2.45, 2.75) is 6.92 Å². The van der Waals surface area contributed by atoms with E-state index in [1.165, 1.54) is 37.3 Å². The molecule has 0 fully saturated rings. The quantitative estimate of drug-likeness (QED) is 0.345. The lowest BCUT2D eigenvalue weighted by Gasteiger charge is -2.11. The van der Waals surface area contributed by atoms with Crippen molar-refractivity contribution in [3.8, 4) is 0 Å². The minimum Gasteiger partial charge on any atom is -0.452 e. The summed E-state index contributed by atoms with van der Waals surface area (Å²) in [6.45, 7) is 0.747. The topological polar surface area (TPSA) is 142 Å². The third kappa shape index (κ3) is 4.89. The number of hydrogen-bond donors (Lipinski definition) is 1. The number of anilines is 1. The van der Waals surface area contributed by atoms with Crippen LogP contribution < -0.4 is 5.32 Å². The van der Waals surface area contributed by atoms with E-state index < -0.39 is 28.3 Å². The highest BCUT2D eigenvalue weighted by Crippen LogP contribution is 2.35. The van der Waals surface area contributed by atoms with Gasteiger partial charge in [0.25, 0.3) is 17.3 Å². The number of benzene rings is 2. The van der Waals surface area contributed by atoms with Crippen molar-refractivity contribution >= 4 is 60.8 Å². The summed E-state index contributed by atoms with van der Waals surface area (Å²) in [6, 6.07) is 6.36. The van der Waals surface area contributed by atoms with Crippen LogP contribution in [0.1, 0.15) is 15.9 Å². The molecule has 0 bridgehead atoms. The van der Waals surface area contributed by atoms with Gasteiger partial charge in [-0.1, -0.05) is 6.07 Å². The molecule has 1 amide bonds. The Bertz CT molecular complexity index is 971. The molecule has 2 rings (SSSR count). The Kier molecular flexibility index (Phi) is 6.80. The van der Waals surface area contributed by atoms with Gasteiger partial charge in [-0.3, -0.25) is 25.0 Å². The summed E-state index contributed by atoms with van der Waals surface area (Å²) in [5, 5.41) is 24.2. The van der Waals surface area contributed by atoms with Gasteiger partial charge in [0.1, 0.15) is 0 Å². The Morgan fingerprint density at radius 1 is 1.11 bits per heavy atom. The van der Waals surface area contributed by atoms with Crippen molar-refractivity contribution < 1.29 is 24.2 Å². The lowest BCUT2D eigenvalue weighted by Crippen LogP contribution is -2.21. The van der Waals surface area contributed by atoms with Crippen molar-refractivity contribution in [1.29, 1.82) is 0 Å². The molecule has 12 heteroatoms. The van der Waals surface area contributed by atoms with Gasteiger partial charge in [0.15, 0.2) is 6.61 Å². The number of carbonyl (C=O) groups excluding carboxylic acids is 2. The van der Waals surface area contributed by atoms with Crippen LogP contribution in [0.4, 0.5) is 17.1 Å². The molecule has 0 aliphatic rings. The molecule has 2 aromatic rings. The number of non-ortho nitro benzene ring substituents is 1. The van der Waals surface area contributed by atoms with E-state index in [-0.39, 0.29) is 37.1 Å². The molecule has 0 heterocycles. The second-order valence-corrected chi connectivity index (χ2v) is 7.08. The Morgan fingerprint density at radius 2 is 1.71 bits per heavy atom. The first-order valence-electron chi connectivity index (χ1n) is 7.46. The number of nitrogens with one attached hydrogen (secondary N) is 1. The number of nitrogens with zero attached hydrogens (tertiary/aromatic N) is 2. The minimum absolute atomic E-state index is 0.0281. The SMILES string of the molecule is Cc1c(C(=O)OCC(=O)Nc2c(Br)cc([N+](=O)[O-])cc2Br)cccc1[N+](=O)[O-]. The fourth-order valence-electron chi connectivity index (χ4n) is 2.21. The summed E-state index contributed by atoms with van der Waals surface area (Å²) in [4.78, 5) is 44.7. The molecule has 146 valence electrons. The molecule has 0 saturated carbocycles. The number of nitro benzene ring substituents is 2. The summed E-state index contributed by atoms with van der Waals surface area (Å²) in [5.74, 6) is -1.59. The Morgan fingerprint density at radius 3 is 2.25 bits per heavy atom. The van der Waals surface area contributed by atoms with E-state index in [1.54, 1.807) is 0 Å². The third-order valence-electron chi connectivity index (χ3n) is 3.56. The van der Waals surface area contributed by atoms with E-state index in [4.69, 9.17) is 4.74 Å². The minimum atomic E-state index is -0.891. The maximum Gasteiger partial charge on any atom is 0.339 e. The van der Waals surface area contributed by atoms with Crippen molar-refractivity contribution in [1.82, 2.24) is 0 Å². The van der Waals surface area contributed by atoms with E-state index in [9.17, 15) is 29.8 Å². The average molecular weight is 517 g/mol. The van der Waals surface area contributed by atoms with Crippen LogP contribution in [0.25, 0.3) is 0 Å². The highest BCUT2D eigenvalue weighted by atomic mass is 79.9. The van der Waals surface area contributed by atoms with Gasteiger partial charge in [-0.25, -0.2) is 4.79 Å². The Hall–Kier alpha value is -2.86. The molecule has 0 spiro atoms. The number of rotatable bonds is 6. The molecule has 0 aliphatic carbocycles. The summed E-state index contributed by atoms with van der Waals surface area (Å²) < 4.78 is 5.41. The predicted molar refractivity (Wildman–Crippen MR) is 105 cm³/mol.